The Kier molecular flexibility index (Phi) is 5.34. The van der Waals surface area contributed by atoms with Crippen LogP contribution in [0.15, 0.2) is 24.3 Å². The lowest BCUT2D eigenvalue weighted by Crippen LogP contribution is -2.41. The third-order valence-corrected chi connectivity index (χ3v) is 3.97. The van der Waals surface area contributed by atoms with Crippen molar-refractivity contribution < 1.29 is 9.13 Å². The Morgan fingerprint density at radius 1 is 1.21 bits per heavy atom. The summed E-state index contributed by atoms with van der Waals surface area (Å²) in [5, 5.41) is 3.55. The van der Waals surface area contributed by atoms with Crippen LogP contribution in [0.5, 0.6) is 0 Å². The third kappa shape index (κ3) is 4.29. The molecule has 0 aromatic heterocycles. The van der Waals surface area contributed by atoms with E-state index in [2.05, 4.69) is 12.2 Å². The highest BCUT2D eigenvalue weighted by atomic mass is 19.1. The van der Waals surface area contributed by atoms with Gasteiger partial charge in [0.05, 0.1) is 0 Å². The predicted octanol–water partition coefficient (Wildman–Crippen LogP) is 3.16. The second-order valence-electron chi connectivity index (χ2n) is 5.59. The Bertz CT molecular complexity index is 371. The standard InChI is InChI=1S/C16H24FNO/c1-2-9-18-13-16(7-10-19-11-8-16)12-14-3-5-15(17)6-4-14/h3-6,18H,2,7-13H2,1H3. The minimum atomic E-state index is -0.158. The summed E-state index contributed by atoms with van der Waals surface area (Å²) in [6, 6.07) is 6.93. The van der Waals surface area contributed by atoms with Crippen molar-refractivity contribution in [1.29, 1.82) is 0 Å². The summed E-state index contributed by atoms with van der Waals surface area (Å²) in [4.78, 5) is 0. The molecule has 1 N–H and O–H groups in total. The molecular formula is C16H24FNO. The first kappa shape index (κ1) is 14.5. The minimum Gasteiger partial charge on any atom is -0.381 e. The zero-order chi connectivity index (χ0) is 13.6. The van der Waals surface area contributed by atoms with Gasteiger partial charge in [0.2, 0.25) is 0 Å². The highest BCUT2D eigenvalue weighted by Gasteiger charge is 2.32. The average molecular weight is 265 g/mol. The maximum Gasteiger partial charge on any atom is 0.123 e. The molecule has 0 amide bonds. The second-order valence-corrected chi connectivity index (χ2v) is 5.59. The monoisotopic (exact) mass is 265 g/mol. The van der Waals surface area contributed by atoms with Crippen molar-refractivity contribution in [3.63, 3.8) is 0 Å². The second kappa shape index (κ2) is 7.01. The fraction of sp³-hybridized carbons (Fsp3) is 0.625. The summed E-state index contributed by atoms with van der Waals surface area (Å²) in [6.07, 6.45) is 4.33. The molecule has 1 saturated heterocycles. The highest BCUT2D eigenvalue weighted by Crippen LogP contribution is 2.33. The summed E-state index contributed by atoms with van der Waals surface area (Å²) in [5.74, 6) is -0.158. The van der Waals surface area contributed by atoms with E-state index in [1.807, 2.05) is 12.1 Å². The van der Waals surface area contributed by atoms with E-state index in [0.29, 0.717) is 0 Å². The van der Waals surface area contributed by atoms with E-state index >= 15 is 0 Å². The molecule has 19 heavy (non-hydrogen) atoms. The molecule has 0 unspecified atom stereocenters. The van der Waals surface area contributed by atoms with Crippen LogP contribution in [0, 0.1) is 11.2 Å². The first-order valence-corrected chi connectivity index (χ1v) is 7.27. The number of benzene rings is 1. The molecule has 1 aromatic rings. The molecule has 2 rings (SSSR count). The van der Waals surface area contributed by atoms with Crippen molar-refractivity contribution in [3.05, 3.63) is 35.6 Å². The summed E-state index contributed by atoms with van der Waals surface area (Å²) >= 11 is 0. The molecule has 0 aliphatic carbocycles. The number of rotatable bonds is 6. The van der Waals surface area contributed by atoms with Crippen molar-refractivity contribution in [2.45, 2.75) is 32.6 Å². The van der Waals surface area contributed by atoms with Crippen molar-refractivity contribution >= 4 is 0 Å². The highest BCUT2D eigenvalue weighted by molar-refractivity contribution is 5.18. The molecule has 2 nitrogen and oxygen atoms in total. The molecule has 0 bridgehead atoms. The molecule has 1 heterocycles. The van der Waals surface area contributed by atoms with E-state index in [9.17, 15) is 4.39 Å². The Morgan fingerprint density at radius 2 is 1.89 bits per heavy atom. The maximum absolute atomic E-state index is 13.0. The first-order valence-electron chi connectivity index (χ1n) is 7.27. The van der Waals surface area contributed by atoms with Gasteiger partial charge in [-0.15, -0.1) is 0 Å². The normalized spacial score (nSPS) is 18.4. The van der Waals surface area contributed by atoms with Gasteiger partial charge in [-0.3, -0.25) is 0 Å². The van der Waals surface area contributed by atoms with E-state index in [-0.39, 0.29) is 11.2 Å². The van der Waals surface area contributed by atoms with Gasteiger partial charge in [-0.25, -0.2) is 4.39 Å². The molecule has 0 saturated carbocycles. The molecular weight excluding hydrogens is 241 g/mol. The van der Waals surface area contributed by atoms with Crippen molar-refractivity contribution in [2.24, 2.45) is 5.41 Å². The van der Waals surface area contributed by atoms with Gasteiger partial charge < -0.3 is 10.1 Å². The molecule has 1 aliphatic heterocycles. The molecule has 0 spiro atoms. The topological polar surface area (TPSA) is 21.3 Å². The Balaban J connectivity index is 2.01. The van der Waals surface area contributed by atoms with Gasteiger partial charge in [0, 0.05) is 19.8 Å². The quantitative estimate of drug-likeness (QED) is 0.798. The summed E-state index contributed by atoms with van der Waals surface area (Å²) in [7, 11) is 0. The average Bonchev–Trinajstić information content (AvgIpc) is 2.43. The molecule has 1 fully saturated rings. The van der Waals surface area contributed by atoms with Gasteiger partial charge in [0.1, 0.15) is 5.82 Å². The van der Waals surface area contributed by atoms with E-state index in [4.69, 9.17) is 4.74 Å². The Hall–Kier alpha value is -0.930. The van der Waals surface area contributed by atoms with Crippen LogP contribution < -0.4 is 5.32 Å². The van der Waals surface area contributed by atoms with Crippen LogP contribution in [0.2, 0.25) is 0 Å². The fourth-order valence-electron chi connectivity index (χ4n) is 2.79. The predicted molar refractivity (Wildman–Crippen MR) is 75.8 cm³/mol. The van der Waals surface area contributed by atoms with Crippen molar-refractivity contribution in [3.8, 4) is 0 Å². The SMILES string of the molecule is CCCNCC1(Cc2ccc(F)cc2)CCOCC1. The number of ether oxygens (including phenoxy) is 1. The number of nitrogens with one attached hydrogen (secondary N) is 1. The number of hydrogen-bond donors (Lipinski definition) is 1. The summed E-state index contributed by atoms with van der Waals surface area (Å²) in [6.45, 7) is 5.96. The number of hydrogen-bond acceptors (Lipinski definition) is 2. The number of halogens is 1. The van der Waals surface area contributed by atoms with Crippen LogP contribution in [0.4, 0.5) is 4.39 Å². The maximum atomic E-state index is 13.0. The van der Waals surface area contributed by atoms with E-state index < -0.39 is 0 Å². The minimum absolute atomic E-state index is 0.158. The Morgan fingerprint density at radius 3 is 2.53 bits per heavy atom. The first-order chi connectivity index (χ1) is 9.24. The summed E-state index contributed by atoms with van der Waals surface area (Å²) < 4.78 is 18.5. The smallest absolute Gasteiger partial charge is 0.123 e. The van der Waals surface area contributed by atoms with Crippen LogP contribution >= 0.6 is 0 Å². The zero-order valence-electron chi connectivity index (χ0n) is 11.8. The van der Waals surface area contributed by atoms with Gasteiger partial charge >= 0.3 is 0 Å². The molecule has 106 valence electrons. The van der Waals surface area contributed by atoms with Crippen molar-refractivity contribution in [1.82, 2.24) is 5.32 Å². The van der Waals surface area contributed by atoms with Gasteiger partial charge in [-0.2, -0.15) is 0 Å². The van der Waals surface area contributed by atoms with Crippen LogP contribution in [0.3, 0.4) is 0 Å². The van der Waals surface area contributed by atoms with Gasteiger partial charge in [0.25, 0.3) is 0 Å². The van der Waals surface area contributed by atoms with Crippen LogP contribution in [-0.2, 0) is 11.2 Å². The van der Waals surface area contributed by atoms with E-state index in [0.717, 1.165) is 52.0 Å². The van der Waals surface area contributed by atoms with Crippen LogP contribution in [0.25, 0.3) is 0 Å². The molecule has 0 atom stereocenters. The molecule has 1 aliphatic rings. The lowest BCUT2D eigenvalue weighted by molar-refractivity contribution is 0.0150. The lowest BCUT2D eigenvalue weighted by atomic mass is 9.75. The third-order valence-electron chi connectivity index (χ3n) is 3.97. The molecule has 0 radical (unpaired) electrons. The van der Waals surface area contributed by atoms with E-state index in [1.54, 1.807) is 12.1 Å². The van der Waals surface area contributed by atoms with Gasteiger partial charge in [0.15, 0.2) is 0 Å². The van der Waals surface area contributed by atoms with Crippen LogP contribution in [0.1, 0.15) is 31.7 Å². The summed E-state index contributed by atoms with van der Waals surface area (Å²) in [5.41, 5.74) is 1.49. The lowest BCUT2D eigenvalue weighted by Gasteiger charge is -2.37. The molecule has 1 aromatic carbocycles. The Labute approximate surface area is 115 Å². The fourth-order valence-corrected chi connectivity index (χ4v) is 2.79. The van der Waals surface area contributed by atoms with Crippen molar-refractivity contribution in [2.75, 3.05) is 26.3 Å². The van der Waals surface area contributed by atoms with Gasteiger partial charge in [-0.1, -0.05) is 19.1 Å². The molecule has 3 heteroatoms. The largest absolute Gasteiger partial charge is 0.381 e. The zero-order valence-corrected chi connectivity index (χ0v) is 11.8. The van der Waals surface area contributed by atoms with E-state index in [1.165, 1.54) is 5.56 Å². The van der Waals surface area contributed by atoms with Gasteiger partial charge in [-0.05, 0) is 55.3 Å². The van der Waals surface area contributed by atoms with Crippen LogP contribution in [-0.4, -0.2) is 26.3 Å².